The van der Waals surface area contributed by atoms with Crippen molar-refractivity contribution in [3.63, 3.8) is 0 Å². The molecule has 0 fully saturated rings. The van der Waals surface area contributed by atoms with Crippen molar-refractivity contribution in [3.05, 3.63) is 29.3 Å². The molecule has 0 saturated carbocycles. The van der Waals surface area contributed by atoms with Crippen LogP contribution in [-0.2, 0) is 11.3 Å². The van der Waals surface area contributed by atoms with Gasteiger partial charge in [0.15, 0.2) is 0 Å². The first-order chi connectivity index (χ1) is 7.20. The third-order valence-corrected chi connectivity index (χ3v) is 2.50. The Labute approximate surface area is 90.9 Å². The summed E-state index contributed by atoms with van der Waals surface area (Å²) in [6.45, 7) is 5.57. The molecule has 0 heterocycles. The Morgan fingerprint density at radius 1 is 1.47 bits per heavy atom. The van der Waals surface area contributed by atoms with Crippen molar-refractivity contribution < 1.29 is 9.84 Å². The maximum atomic E-state index is 9.98. The molecule has 84 valence electrons. The molecule has 1 atom stereocenters. The highest BCUT2D eigenvalue weighted by molar-refractivity contribution is 5.42. The Hall–Kier alpha value is -1.06. The van der Waals surface area contributed by atoms with Crippen molar-refractivity contribution in [2.75, 3.05) is 13.2 Å². The topological polar surface area (TPSA) is 55.5 Å². The lowest BCUT2D eigenvalue weighted by atomic mass is 9.98. The van der Waals surface area contributed by atoms with E-state index in [9.17, 15) is 5.11 Å². The van der Waals surface area contributed by atoms with E-state index in [2.05, 4.69) is 0 Å². The molecule has 0 aromatic heterocycles. The van der Waals surface area contributed by atoms with Crippen LogP contribution in [0, 0.1) is 0 Å². The Morgan fingerprint density at radius 3 is 2.80 bits per heavy atom. The van der Waals surface area contributed by atoms with Gasteiger partial charge in [0.25, 0.3) is 0 Å². The number of ether oxygens (including phenoxy) is 1. The molecule has 0 bridgehead atoms. The highest BCUT2D eigenvalue weighted by Gasteiger charge is 2.11. The summed E-state index contributed by atoms with van der Waals surface area (Å²) in [5.74, 6) is 0.496. The zero-order valence-corrected chi connectivity index (χ0v) is 9.36. The van der Waals surface area contributed by atoms with Gasteiger partial charge >= 0.3 is 0 Å². The molecule has 15 heavy (non-hydrogen) atoms. The summed E-state index contributed by atoms with van der Waals surface area (Å²) in [6, 6.07) is 5.70. The maximum absolute atomic E-state index is 9.98. The minimum Gasteiger partial charge on any atom is -0.507 e. The molecule has 1 rings (SSSR count). The predicted octanol–water partition coefficient (Wildman–Crippen LogP) is 1.99. The summed E-state index contributed by atoms with van der Waals surface area (Å²) in [4.78, 5) is 0. The largest absolute Gasteiger partial charge is 0.507 e. The average molecular weight is 209 g/mol. The number of aromatic hydroxyl groups is 1. The molecule has 0 aliphatic heterocycles. The molecular weight excluding hydrogens is 190 g/mol. The molecule has 1 aromatic rings. The van der Waals surface area contributed by atoms with E-state index in [1.54, 1.807) is 0 Å². The van der Waals surface area contributed by atoms with Crippen LogP contribution >= 0.6 is 0 Å². The monoisotopic (exact) mass is 209 g/mol. The second kappa shape index (κ2) is 5.73. The van der Waals surface area contributed by atoms with E-state index >= 15 is 0 Å². The molecule has 0 aliphatic rings. The molecule has 0 radical (unpaired) electrons. The van der Waals surface area contributed by atoms with Crippen LogP contribution in [0.15, 0.2) is 18.2 Å². The quantitative estimate of drug-likeness (QED) is 0.779. The number of phenolic OH excluding ortho intramolecular Hbond substituents is 1. The van der Waals surface area contributed by atoms with E-state index in [0.717, 1.165) is 11.1 Å². The van der Waals surface area contributed by atoms with Gasteiger partial charge in [0, 0.05) is 12.2 Å². The van der Waals surface area contributed by atoms with Crippen LogP contribution < -0.4 is 5.73 Å². The SMILES string of the molecule is CCOCc1cccc(C(C)CN)c1O. The Balaban J connectivity index is 2.90. The summed E-state index contributed by atoms with van der Waals surface area (Å²) in [7, 11) is 0. The third kappa shape index (κ3) is 2.94. The molecule has 0 aliphatic carbocycles. The van der Waals surface area contributed by atoms with Crippen molar-refractivity contribution in [1.82, 2.24) is 0 Å². The van der Waals surface area contributed by atoms with Gasteiger partial charge in [-0.25, -0.2) is 0 Å². The Morgan fingerprint density at radius 2 is 2.20 bits per heavy atom. The summed E-state index contributed by atoms with van der Waals surface area (Å²) in [5.41, 5.74) is 7.31. The maximum Gasteiger partial charge on any atom is 0.124 e. The van der Waals surface area contributed by atoms with Gasteiger partial charge in [0.05, 0.1) is 6.61 Å². The van der Waals surface area contributed by atoms with Crippen LogP contribution in [0.1, 0.15) is 30.9 Å². The van der Waals surface area contributed by atoms with Crippen molar-refractivity contribution in [2.24, 2.45) is 5.73 Å². The van der Waals surface area contributed by atoms with Gasteiger partial charge in [-0.1, -0.05) is 25.1 Å². The minimum absolute atomic E-state index is 0.173. The van der Waals surface area contributed by atoms with Crippen molar-refractivity contribution in [3.8, 4) is 5.75 Å². The molecule has 0 spiro atoms. The minimum atomic E-state index is 0.173. The first kappa shape index (κ1) is 12.0. The fraction of sp³-hybridized carbons (Fsp3) is 0.500. The first-order valence-electron chi connectivity index (χ1n) is 5.29. The number of hydrogen-bond acceptors (Lipinski definition) is 3. The van der Waals surface area contributed by atoms with E-state index in [1.807, 2.05) is 32.0 Å². The smallest absolute Gasteiger partial charge is 0.124 e. The molecule has 3 nitrogen and oxygen atoms in total. The van der Waals surface area contributed by atoms with Crippen LogP contribution in [0.5, 0.6) is 5.75 Å². The van der Waals surface area contributed by atoms with Crippen LogP contribution in [-0.4, -0.2) is 18.3 Å². The second-order valence-electron chi connectivity index (χ2n) is 3.63. The van der Waals surface area contributed by atoms with Gasteiger partial charge < -0.3 is 15.6 Å². The number of para-hydroxylation sites is 1. The zero-order chi connectivity index (χ0) is 11.3. The number of nitrogens with two attached hydrogens (primary N) is 1. The number of hydrogen-bond donors (Lipinski definition) is 2. The molecular formula is C12H19NO2. The standard InChI is InChI=1S/C12H19NO2/c1-3-15-8-10-5-4-6-11(12(10)14)9(2)7-13/h4-6,9,14H,3,7-8,13H2,1-2H3. The van der Waals surface area contributed by atoms with Crippen LogP contribution in [0.25, 0.3) is 0 Å². The van der Waals surface area contributed by atoms with Gasteiger partial charge in [-0.2, -0.15) is 0 Å². The number of phenols is 1. The fourth-order valence-electron chi connectivity index (χ4n) is 1.46. The predicted molar refractivity (Wildman–Crippen MR) is 60.9 cm³/mol. The molecule has 1 aromatic carbocycles. The highest BCUT2D eigenvalue weighted by atomic mass is 16.5. The summed E-state index contributed by atoms with van der Waals surface area (Å²) in [6.07, 6.45) is 0. The van der Waals surface area contributed by atoms with Crippen molar-refractivity contribution in [1.29, 1.82) is 0 Å². The average Bonchev–Trinajstić information content (AvgIpc) is 2.27. The van der Waals surface area contributed by atoms with Gasteiger partial charge in [-0.05, 0) is 24.9 Å². The molecule has 3 N–H and O–H groups in total. The van der Waals surface area contributed by atoms with E-state index < -0.39 is 0 Å². The molecule has 0 amide bonds. The molecule has 3 heteroatoms. The van der Waals surface area contributed by atoms with Gasteiger partial charge in [-0.3, -0.25) is 0 Å². The van der Waals surface area contributed by atoms with Gasteiger partial charge in [0.1, 0.15) is 5.75 Å². The number of benzene rings is 1. The summed E-state index contributed by atoms with van der Waals surface area (Å²) < 4.78 is 5.28. The lowest BCUT2D eigenvalue weighted by Crippen LogP contribution is -2.09. The molecule has 0 saturated heterocycles. The van der Waals surface area contributed by atoms with Crippen molar-refractivity contribution >= 4 is 0 Å². The Bertz CT molecular complexity index is 312. The van der Waals surface area contributed by atoms with E-state index in [4.69, 9.17) is 10.5 Å². The van der Waals surface area contributed by atoms with Crippen molar-refractivity contribution in [2.45, 2.75) is 26.4 Å². The lowest BCUT2D eigenvalue weighted by molar-refractivity contribution is 0.132. The Kier molecular flexibility index (Phi) is 4.59. The zero-order valence-electron chi connectivity index (χ0n) is 9.36. The highest BCUT2D eigenvalue weighted by Crippen LogP contribution is 2.28. The normalized spacial score (nSPS) is 12.7. The first-order valence-corrected chi connectivity index (χ1v) is 5.29. The van der Waals surface area contributed by atoms with E-state index in [-0.39, 0.29) is 5.92 Å². The lowest BCUT2D eigenvalue weighted by Gasteiger charge is -2.14. The van der Waals surface area contributed by atoms with Gasteiger partial charge in [0.2, 0.25) is 0 Å². The van der Waals surface area contributed by atoms with E-state index in [1.165, 1.54) is 0 Å². The van der Waals surface area contributed by atoms with Crippen LogP contribution in [0.2, 0.25) is 0 Å². The third-order valence-electron chi connectivity index (χ3n) is 2.50. The summed E-state index contributed by atoms with van der Waals surface area (Å²) >= 11 is 0. The van der Waals surface area contributed by atoms with Crippen LogP contribution in [0.4, 0.5) is 0 Å². The van der Waals surface area contributed by atoms with E-state index in [0.29, 0.717) is 25.5 Å². The van der Waals surface area contributed by atoms with Crippen LogP contribution in [0.3, 0.4) is 0 Å². The fourth-order valence-corrected chi connectivity index (χ4v) is 1.46. The molecule has 1 unspecified atom stereocenters. The van der Waals surface area contributed by atoms with Gasteiger partial charge in [-0.15, -0.1) is 0 Å². The second-order valence-corrected chi connectivity index (χ2v) is 3.63. The summed E-state index contributed by atoms with van der Waals surface area (Å²) in [5, 5.41) is 9.98. The number of rotatable bonds is 5.